The van der Waals surface area contributed by atoms with Crippen LogP contribution in [0.2, 0.25) is 0 Å². The number of hydrogen-bond donors (Lipinski definition) is 1. The van der Waals surface area contributed by atoms with Crippen molar-refractivity contribution in [3.05, 3.63) is 21.9 Å². The predicted molar refractivity (Wildman–Crippen MR) is 105 cm³/mol. The molecule has 1 atom stereocenters. The van der Waals surface area contributed by atoms with Gasteiger partial charge in [-0.05, 0) is 51.3 Å². The molecule has 1 aromatic rings. The Hall–Kier alpha value is -1.40. The molecule has 0 radical (unpaired) electrons. The van der Waals surface area contributed by atoms with Crippen LogP contribution in [0.1, 0.15) is 54.7 Å². The summed E-state index contributed by atoms with van der Waals surface area (Å²) in [5.74, 6) is 0.296. The number of rotatable bonds is 3. The first-order chi connectivity index (χ1) is 12.6. The monoisotopic (exact) mass is 377 g/mol. The molecule has 144 valence electrons. The van der Waals surface area contributed by atoms with Crippen LogP contribution in [0.3, 0.4) is 0 Å². The van der Waals surface area contributed by atoms with Crippen LogP contribution in [0.4, 0.5) is 0 Å². The molecule has 0 aliphatic carbocycles. The van der Waals surface area contributed by atoms with Gasteiger partial charge in [0.05, 0.1) is 6.04 Å². The number of carbonyl (C=O) groups is 2. The fraction of sp³-hybridized carbons (Fsp3) is 0.700. The van der Waals surface area contributed by atoms with E-state index in [1.165, 1.54) is 9.75 Å². The van der Waals surface area contributed by atoms with Gasteiger partial charge in [0, 0.05) is 42.4 Å². The maximum Gasteiger partial charge on any atom is 0.239 e. The van der Waals surface area contributed by atoms with Crippen LogP contribution in [0.15, 0.2) is 12.1 Å². The zero-order chi connectivity index (χ0) is 18.4. The standard InChI is InChI=1S/C20H31N3O2S/c1-16-8-9-17(26-16)15-23-13-6-7-18(23)20(25)22-12-5-3-2-4-11-21-19(24)10-14-22/h8-9,18H,2-7,10-15H2,1H3,(H,21,24). The molecule has 2 saturated heterocycles. The van der Waals surface area contributed by atoms with Gasteiger partial charge in [0.15, 0.2) is 0 Å². The van der Waals surface area contributed by atoms with Crippen molar-refractivity contribution in [3.8, 4) is 0 Å². The summed E-state index contributed by atoms with van der Waals surface area (Å²) in [4.78, 5) is 32.1. The van der Waals surface area contributed by atoms with Gasteiger partial charge in [-0.1, -0.05) is 12.8 Å². The Balaban J connectivity index is 1.62. The summed E-state index contributed by atoms with van der Waals surface area (Å²) in [6, 6.07) is 4.31. The van der Waals surface area contributed by atoms with E-state index < -0.39 is 0 Å². The van der Waals surface area contributed by atoms with Crippen molar-refractivity contribution in [1.82, 2.24) is 15.1 Å². The minimum Gasteiger partial charge on any atom is -0.356 e. The second kappa shape index (κ2) is 9.51. The van der Waals surface area contributed by atoms with Gasteiger partial charge in [-0.2, -0.15) is 0 Å². The number of aryl methyl sites for hydroxylation is 1. The molecular formula is C20H31N3O2S. The largest absolute Gasteiger partial charge is 0.356 e. The van der Waals surface area contributed by atoms with Gasteiger partial charge in [-0.25, -0.2) is 0 Å². The third kappa shape index (κ3) is 5.30. The van der Waals surface area contributed by atoms with Crippen LogP contribution in [-0.2, 0) is 16.1 Å². The topological polar surface area (TPSA) is 52.7 Å². The van der Waals surface area contributed by atoms with Crippen LogP contribution in [0, 0.1) is 6.92 Å². The van der Waals surface area contributed by atoms with Crippen LogP contribution >= 0.6 is 11.3 Å². The fourth-order valence-corrected chi connectivity index (χ4v) is 4.86. The number of nitrogens with one attached hydrogen (secondary N) is 1. The van der Waals surface area contributed by atoms with E-state index in [2.05, 4.69) is 29.3 Å². The molecule has 0 bridgehead atoms. The van der Waals surface area contributed by atoms with Crippen LogP contribution in [0.25, 0.3) is 0 Å². The number of likely N-dealkylation sites (tertiary alicyclic amines) is 1. The smallest absolute Gasteiger partial charge is 0.239 e. The van der Waals surface area contributed by atoms with E-state index in [0.717, 1.165) is 64.7 Å². The van der Waals surface area contributed by atoms with E-state index >= 15 is 0 Å². The Kier molecular flexibility index (Phi) is 7.08. The van der Waals surface area contributed by atoms with Crippen molar-refractivity contribution in [2.75, 3.05) is 26.2 Å². The van der Waals surface area contributed by atoms with Crippen LogP contribution in [0.5, 0.6) is 0 Å². The first-order valence-electron chi connectivity index (χ1n) is 9.98. The van der Waals surface area contributed by atoms with E-state index in [9.17, 15) is 9.59 Å². The van der Waals surface area contributed by atoms with Crippen molar-refractivity contribution in [2.24, 2.45) is 0 Å². The Labute approximate surface area is 160 Å². The molecule has 26 heavy (non-hydrogen) atoms. The van der Waals surface area contributed by atoms with E-state index in [0.29, 0.717) is 13.0 Å². The lowest BCUT2D eigenvalue weighted by Gasteiger charge is -2.30. The third-order valence-corrected chi connectivity index (χ3v) is 6.39. The molecule has 3 heterocycles. The third-order valence-electron chi connectivity index (χ3n) is 5.40. The second-order valence-corrected chi connectivity index (χ2v) is 8.85. The minimum atomic E-state index is -0.0226. The highest BCUT2D eigenvalue weighted by Gasteiger charge is 2.33. The maximum atomic E-state index is 13.2. The maximum absolute atomic E-state index is 13.2. The molecule has 1 aromatic heterocycles. The molecule has 2 fully saturated rings. The molecule has 2 amide bonds. The lowest BCUT2D eigenvalue weighted by atomic mass is 10.1. The molecule has 0 saturated carbocycles. The molecule has 0 aromatic carbocycles. The summed E-state index contributed by atoms with van der Waals surface area (Å²) < 4.78 is 0. The summed E-state index contributed by atoms with van der Waals surface area (Å²) >= 11 is 1.82. The Morgan fingerprint density at radius 1 is 1.15 bits per heavy atom. The molecule has 1 unspecified atom stereocenters. The van der Waals surface area contributed by atoms with E-state index in [1.807, 2.05) is 16.2 Å². The summed E-state index contributed by atoms with van der Waals surface area (Å²) in [6.45, 7) is 6.08. The first-order valence-corrected chi connectivity index (χ1v) is 10.8. The molecule has 2 aliphatic heterocycles. The quantitative estimate of drug-likeness (QED) is 0.881. The highest BCUT2D eigenvalue weighted by atomic mass is 32.1. The van der Waals surface area contributed by atoms with E-state index in [-0.39, 0.29) is 17.9 Å². The van der Waals surface area contributed by atoms with Crippen molar-refractivity contribution in [2.45, 2.75) is 64.5 Å². The van der Waals surface area contributed by atoms with Gasteiger partial charge in [0.2, 0.25) is 11.8 Å². The molecule has 3 rings (SSSR count). The SMILES string of the molecule is Cc1ccc(CN2CCCC2C(=O)N2CCCCCCNC(=O)CC2)s1. The van der Waals surface area contributed by atoms with Gasteiger partial charge < -0.3 is 10.2 Å². The minimum absolute atomic E-state index is 0.0226. The number of carbonyl (C=O) groups excluding carboxylic acids is 2. The average Bonchev–Trinajstić information content (AvgIpc) is 3.23. The van der Waals surface area contributed by atoms with Crippen molar-refractivity contribution >= 4 is 23.2 Å². The number of hydrogen-bond acceptors (Lipinski definition) is 4. The molecule has 5 nitrogen and oxygen atoms in total. The van der Waals surface area contributed by atoms with Crippen LogP contribution < -0.4 is 5.32 Å². The number of amides is 2. The highest BCUT2D eigenvalue weighted by Crippen LogP contribution is 2.25. The number of nitrogens with zero attached hydrogens (tertiary/aromatic N) is 2. The van der Waals surface area contributed by atoms with Crippen molar-refractivity contribution < 1.29 is 9.59 Å². The summed E-state index contributed by atoms with van der Waals surface area (Å²) in [7, 11) is 0. The van der Waals surface area contributed by atoms with Gasteiger partial charge >= 0.3 is 0 Å². The lowest BCUT2D eigenvalue weighted by molar-refractivity contribution is -0.136. The summed E-state index contributed by atoms with van der Waals surface area (Å²) in [5.41, 5.74) is 0. The lowest BCUT2D eigenvalue weighted by Crippen LogP contribution is -2.46. The fourth-order valence-electron chi connectivity index (χ4n) is 3.94. The van der Waals surface area contributed by atoms with Crippen molar-refractivity contribution in [1.29, 1.82) is 0 Å². The van der Waals surface area contributed by atoms with Crippen molar-refractivity contribution in [3.63, 3.8) is 0 Å². The second-order valence-electron chi connectivity index (χ2n) is 7.48. The van der Waals surface area contributed by atoms with Gasteiger partial charge in [0.1, 0.15) is 0 Å². The molecule has 2 aliphatic rings. The molecule has 1 N–H and O–H groups in total. The predicted octanol–water partition coefficient (Wildman–Crippen LogP) is 2.93. The Morgan fingerprint density at radius 3 is 2.81 bits per heavy atom. The highest BCUT2D eigenvalue weighted by molar-refractivity contribution is 7.11. The van der Waals surface area contributed by atoms with Crippen LogP contribution in [-0.4, -0.2) is 53.8 Å². The van der Waals surface area contributed by atoms with Gasteiger partial charge in [-0.15, -0.1) is 11.3 Å². The molecule has 0 spiro atoms. The van der Waals surface area contributed by atoms with Gasteiger partial charge in [0.25, 0.3) is 0 Å². The Morgan fingerprint density at radius 2 is 2.00 bits per heavy atom. The Bertz CT molecular complexity index is 616. The first kappa shape index (κ1) is 19.4. The van der Waals surface area contributed by atoms with Gasteiger partial charge in [-0.3, -0.25) is 14.5 Å². The molecular weight excluding hydrogens is 346 g/mol. The average molecular weight is 378 g/mol. The van der Waals surface area contributed by atoms with E-state index in [4.69, 9.17) is 0 Å². The number of thiophene rings is 1. The summed E-state index contributed by atoms with van der Waals surface area (Å²) in [5, 5.41) is 2.97. The van der Waals surface area contributed by atoms with E-state index in [1.54, 1.807) is 0 Å². The molecule has 6 heteroatoms. The zero-order valence-corrected chi connectivity index (χ0v) is 16.7. The summed E-state index contributed by atoms with van der Waals surface area (Å²) in [6.07, 6.45) is 6.76. The normalized spacial score (nSPS) is 23.5. The zero-order valence-electron chi connectivity index (χ0n) is 15.8.